The van der Waals surface area contributed by atoms with Gasteiger partial charge in [0, 0.05) is 6.54 Å². The van der Waals surface area contributed by atoms with Crippen LogP contribution in [0.4, 0.5) is 0 Å². The summed E-state index contributed by atoms with van der Waals surface area (Å²) >= 11 is 6.23. The first kappa shape index (κ1) is 18.0. The predicted octanol–water partition coefficient (Wildman–Crippen LogP) is 2.63. The van der Waals surface area contributed by atoms with E-state index in [1.54, 1.807) is 36.4 Å². The second-order valence-electron chi connectivity index (χ2n) is 4.79. The number of aromatic hydroxyl groups is 1. The number of thiocarbonyl (C=S) groups is 1. The van der Waals surface area contributed by atoms with E-state index in [2.05, 4.69) is 0 Å². The van der Waals surface area contributed by atoms with E-state index in [1.165, 1.54) is 12.0 Å². The van der Waals surface area contributed by atoms with E-state index in [9.17, 15) is 14.7 Å². The molecule has 1 saturated heterocycles. The molecule has 2 N–H and O–H groups in total. The van der Waals surface area contributed by atoms with E-state index in [4.69, 9.17) is 22.1 Å². The maximum Gasteiger partial charge on any atom is 0.305 e. The molecule has 0 aliphatic carbocycles. The number of benzene rings is 1. The van der Waals surface area contributed by atoms with E-state index in [1.807, 2.05) is 0 Å². The number of carboxylic acid groups (broad SMARTS) is 1. The third-order valence-electron chi connectivity index (χ3n) is 3.16. The number of ether oxygens (including phenoxy) is 1. The predicted molar refractivity (Wildman–Crippen MR) is 95.9 cm³/mol. The number of aliphatic carboxylic acids is 1. The SMILES string of the molecule is COc1ccc(C=CC=C2SC(=S)N(CCC(=O)O)C2=O)cc1O. The molecule has 1 fully saturated rings. The number of carbonyl (C=O) groups is 2. The summed E-state index contributed by atoms with van der Waals surface area (Å²) in [5, 5.41) is 18.4. The summed E-state index contributed by atoms with van der Waals surface area (Å²) in [6.07, 6.45) is 4.86. The van der Waals surface area contributed by atoms with Crippen molar-refractivity contribution in [2.75, 3.05) is 13.7 Å². The summed E-state index contributed by atoms with van der Waals surface area (Å²) in [5.74, 6) is -0.869. The Balaban J connectivity index is 2.06. The van der Waals surface area contributed by atoms with Crippen molar-refractivity contribution < 1.29 is 24.5 Å². The lowest BCUT2D eigenvalue weighted by Crippen LogP contribution is -2.30. The molecule has 1 heterocycles. The Bertz CT molecular complexity index is 742. The van der Waals surface area contributed by atoms with Gasteiger partial charge in [-0.25, -0.2) is 0 Å². The fraction of sp³-hybridized carbons (Fsp3) is 0.188. The number of phenolic OH excluding ortho intramolecular Hbond substituents is 1. The van der Waals surface area contributed by atoms with Gasteiger partial charge in [-0.05, 0) is 23.8 Å². The van der Waals surface area contributed by atoms with Crippen LogP contribution in [0.25, 0.3) is 6.08 Å². The quantitative estimate of drug-likeness (QED) is 0.592. The van der Waals surface area contributed by atoms with Gasteiger partial charge in [0.05, 0.1) is 18.4 Å². The van der Waals surface area contributed by atoms with E-state index in [-0.39, 0.29) is 24.6 Å². The van der Waals surface area contributed by atoms with Gasteiger partial charge in [0.2, 0.25) is 0 Å². The molecule has 2 rings (SSSR count). The second kappa shape index (κ2) is 7.98. The molecule has 1 aromatic carbocycles. The van der Waals surface area contributed by atoms with Gasteiger partial charge in [-0.15, -0.1) is 0 Å². The fourth-order valence-corrected chi connectivity index (χ4v) is 3.23. The van der Waals surface area contributed by atoms with Crippen molar-refractivity contribution in [3.05, 3.63) is 40.8 Å². The van der Waals surface area contributed by atoms with Gasteiger partial charge in [0.1, 0.15) is 4.32 Å². The van der Waals surface area contributed by atoms with Crippen LogP contribution < -0.4 is 4.74 Å². The number of allylic oxidation sites excluding steroid dienone is 2. The average molecular weight is 365 g/mol. The lowest BCUT2D eigenvalue weighted by atomic mass is 10.2. The number of hydrogen-bond donors (Lipinski definition) is 2. The Morgan fingerprint density at radius 2 is 2.21 bits per heavy atom. The standard InChI is InChI=1S/C16H15NO5S2/c1-22-12-6-5-10(9-11(12)18)3-2-4-13-15(21)17(16(23)24-13)8-7-14(19)20/h2-6,9,18H,7-8H2,1H3,(H,19,20). The molecular weight excluding hydrogens is 350 g/mol. The van der Waals surface area contributed by atoms with Crippen LogP contribution in [0.15, 0.2) is 35.3 Å². The molecule has 0 saturated carbocycles. The maximum absolute atomic E-state index is 12.2. The molecule has 0 aromatic heterocycles. The first-order chi connectivity index (χ1) is 11.4. The molecule has 0 unspecified atom stereocenters. The molecule has 1 aromatic rings. The Hall–Kier alpha value is -2.32. The Kier molecular flexibility index (Phi) is 5.99. The highest BCUT2D eigenvalue weighted by molar-refractivity contribution is 8.26. The lowest BCUT2D eigenvalue weighted by molar-refractivity contribution is -0.137. The average Bonchev–Trinajstić information content (AvgIpc) is 2.79. The molecule has 8 heteroatoms. The number of hydrogen-bond acceptors (Lipinski definition) is 6. The van der Waals surface area contributed by atoms with Crippen molar-refractivity contribution in [2.45, 2.75) is 6.42 Å². The van der Waals surface area contributed by atoms with Crippen LogP contribution >= 0.6 is 24.0 Å². The zero-order valence-corrected chi connectivity index (χ0v) is 14.4. The molecule has 24 heavy (non-hydrogen) atoms. The number of thioether (sulfide) groups is 1. The van der Waals surface area contributed by atoms with Crippen LogP contribution in [0.5, 0.6) is 11.5 Å². The third kappa shape index (κ3) is 4.36. The fourth-order valence-electron chi connectivity index (χ4n) is 1.97. The van der Waals surface area contributed by atoms with Crippen molar-refractivity contribution in [3.8, 4) is 11.5 Å². The maximum atomic E-state index is 12.2. The van der Waals surface area contributed by atoms with Gasteiger partial charge in [-0.2, -0.15) is 0 Å². The van der Waals surface area contributed by atoms with Gasteiger partial charge in [0.15, 0.2) is 11.5 Å². The molecule has 1 aliphatic rings. The largest absolute Gasteiger partial charge is 0.504 e. The number of phenols is 1. The minimum atomic E-state index is -0.979. The summed E-state index contributed by atoms with van der Waals surface area (Å²) in [6, 6.07) is 4.95. The van der Waals surface area contributed by atoms with Crippen LogP contribution in [-0.2, 0) is 9.59 Å². The van der Waals surface area contributed by atoms with Crippen LogP contribution in [0.1, 0.15) is 12.0 Å². The van der Waals surface area contributed by atoms with Gasteiger partial charge < -0.3 is 14.9 Å². The summed E-state index contributed by atoms with van der Waals surface area (Å²) in [4.78, 5) is 24.5. The number of methoxy groups -OCH3 is 1. The first-order valence-corrected chi connectivity index (χ1v) is 8.15. The Labute approximate surface area is 148 Å². The summed E-state index contributed by atoms with van der Waals surface area (Å²) < 4.78 is 5.32. The topological polar surface area (TPSA) is 87.1 Å². The van der Waals surface area contributed by atoms with Gasteiger partial charge in [-0.3, -0.25) is 14.5 Å². The number of carbonyl (C=O) groups excluding carboxylic acids is 1. The van der Waals surface area contributed by atoms with Gasteiger partial charge >= 0.3 is 5.97 Å². The van der Waals surface area contributed by atoms with Gasteiger partial charge in [0.25, 0.3) is 5.91 Å². The number of amides is 1. The van der Waals surface area contributed by atoms with Crippen molar-refractivity contribution >= 4 is 46.3 Å². The van der Waals surface area contributed by atoms with Crippen molar-refractivity contribution in [2.24, 2.45) is 0 Å². The number of carboxylic acids is 1. The zero-order chi connectivity index (χ0) is 17.7. The Morgan fingerprint density at radius 3 is 2.83 bits per heavy atom. The second-order valence-corrected chi connectivity index (χ2v) is 6.47. The van der Waals surface area contributed by atoms with Crippen LogP contribution in [0.2, 0.25) is 0 Å². The molecule has 0 radical (unpaired) electrons. The van der Waals surface area contributed by atoms with Crippen LogP contribution in [0, 0.1) is 0 Å². The lowest BCUT2D eigenvalue weighted by Gasteiger charge is -2.12. The molecule has 0 bridgehead atoms. The molecule has 1 amide bonds. The molecule has 1 aliphatic heterocycles. The van der Waals surface area contributed by atoms with Crippen molar-refractivity contribution in [1.29, 1.82) is 0 Å². The van der Waals surface area contributed by atoms with E-state index < -0.39 is 5.97 Å². The Morgan fingerprint density at radius 1 is 1.46 bits per heavy atom. The normalized spacial score (nSPS) is 16.4. The molecule has 0 atom stereocenters. The number of rotatable bonds is 6. The monoisotopic (exact) mass is 365 g/mol. The molecule has 126 valence electrons. The minimum Gasteiger partial charge on any atom is -0.504 e. The van der Waals surface area contributed by atoms with E-state index >= 15 is 0 Å². The summed E-state index contributed by atoms with van der Waals surface area (Å²) in [7, 11) is 1.47. The zero-order valence-electron chi connectivity index (χ0n) is 12.8. The molecular formula is C16H15NO5S2. The smallest absolute Gasteiger partial charge is 0.305 e. The number of nitrogens with zero attached hydrogens (tertiary/aromatic N) is 1. The molecule has 0 spiro atoms. The highest BCUT2D eigenvalue weighted by Crippen LogP contribution is 2.31. The van der Waals surface area contributed by atoms with Crippen molar-refractivity contribution in [1.82, 2.24) is 4.90 Å². The summed E-state index contributed by atoms with van der Waals surface area (Å²) in [5.41, 5.74) is 0.742. The molecule has 6 nitrogen and oxygen atoms in total. The summed E-state index contributed by atoms with van der Waals surface area (Å²) in [6.45, 7) is 0.0629. The van der Waals surface area contributed by atoms with Crippen LogP contribution in [0.3, 0.4) is 0 Å². The first-order valence-electron chi connectivity index (χ1n) is 6.93. The highest BCUT2D eigenvalue weighted by Gasteiger charge is 2.31. The van der Waals surface area contributed by atoms with Crippen LogP contribution in [-0.4, -0.2) is 45.0 Å². The van der Waals surface area contributed by atoms with E-state index in [0.717, 1.165) is 17.3 Å². The third-order valence-corrected chi connectivity index (χ3v) is 4.56. The minimum absolute atomic E-state index is 0.0274. The van der Waals surface area contributed by atoms with E-state index in [0.29, 0.717) is 15.0 Å². The highest BCUT2D eigenvalue weighted by atomic mass is 32.2. The van der Waals surface area contributed by atoms with Gasteiger partial charge in [-0.1, -0.05) is 42.2 Å². The van der Waals surface area contributed by atoms with Crippen molar-refractivity contribution in [3.63, 3.8) is 0 Å².